The first-order valence-corrected chi connectivity index (χ1v) is 7.24. The molecule has 1 aromatic carbocycles. The Balaban J connectivity index is 2.10. The lowest BCUT2D eigenvalue weighted by atomic mass is 9.77. The zero-order valence-electron chi connectivity index (χ0n) is 11.8. The predicted octanol–water partition coefficient (Wildman–Crippen LogP) is 4.70. The van der Waals surface area contributed by atoms with Crippen molar-refractivity contribution in [1.29, 1.82) is 0 Å². The lowest BCUT2D eigenvalue weighted by molar-refractivity contribution is 0.0870. The van der Waals surface area contributed by atoms with Crippen LogP contribution in [0.25, 0.3) is 0 Å². The normalized spacial score (nSPS) is 23.9. The average Bonchev–Trinajstić information content (AvgIpc) is 2.41. The van der Waals surface area contributed by atoms with Gasteiger partial charge in [-0.15, -0.1) is 0 Å². The molecule has 0 amide bonds. The quantitative estimate of drug-likeness (QED) is 0.704. The van der Waals surface area contributed by atoms with E-state index in [2.05, 4.69) is 26.8 Å². The fourth-order valence-electron chi connectivity index (χ4n) is 3.07. The molecule has 0 atom stereocenters. The number of aryl methyl sites for hydroxylation is 1. The molecule has 0 heterocycles. The molecule has 2 rings (SSSR count). The van der Waals surface area contributed by atoms with Gasteiger partial charge in [0.2, 0.25) is 0 Å². The van der Waals surface area contributed by atoms with Gasteiger partial charge in [0, 0.05) is 11.5 Å². The van der Waals surface area contributed by atoms with E-state index in [0.29, 0.717) is 5.78 Å². The molecule has 0 unspecified atom stereocenters. The molecule has 0 radical (unpaired) electrons. The summed E-state index contributed by atoms with van der Waals surface area (Å²) in [6, 6.07) is 6.09. The minimum atomic E-state index is 0.272. The lowest BCUT2D eigenvalue weighted by Crippen LogP contribution is -2.22. The van der Waals surface area contributed by atoms with Crippen molar-refractivity contribution in [3.63, 3.8) is 0 Å². The Hall–Kier alpha value is -1.11. The van der Waals surface area contributed by atoms with E-state index in [9.17, 15) is 4.79 Å². The molecule has 0 spiro atoms. The minimum absolute atomic E-state index is 0.272. The fraction of sp³-hybridized carbons (Fsp3) is 0.588. The van der Waals surface area contributed by atoms with Crippen molar-refractivity contribution >= 4 is 5.78 Å². The molecular formula is C17H24O. The van der Waals surface area contributed by atoms with Crippen LogP contribution in [0, 0.1) is 25.7 Å². The number of carbonyl (C=O) groups excluding carboxylic acids is 1. The second-order valence-electron chi connectivity index (χ2n) is 5.74. The monoisotopic (exact) mass is 244 g/mol. The molecule has 1 aliphatic rings. The fourth-order valence-corrected chi connectivity index (χ4v) is 3.07. The summed E-state index contributed by atoms with van der Waals surface area (Å²) in [5, 5.41) is 0. The zero-order chi connectivity index (χ0) is 13.1. The van der Waals surface area contributed by atoms with Crippen LogP contribution < -0.4 is 0 Å². The Bertz CT molecular complexity index is 425. The summed E-state index contributed by atoms with van der Waals surface area (Å²) in [6.45, 7) is 6.41. The van der Waals surface area contributed by atoms with Gasteiger partial charge in [0.25, 0.3) is 0 Å². The van der Waals surface area contributed by atoms with Crippen LogP contribution in [0.3, 0.4) is 0 Å². The van der Waals surface area contributed by atoms with Crippen molar-refractivity contribution in [3.8, 4) is 0 Å². The highest BCUT2D eigenvalue weighted by molar-refractivity contribution is 5.99. The van der Waals surface area contributed by atoms with Crippen molar-refractivity contribution in [1.82, 2.24) is 0 Å². The highest BCUT2D eigenvalue weighted by Gasteiger charge is 2.27. The Morgan fingerprint density at radius 1 is 1.17 bits per heavy atom. The first-order chi connectivity index (χ1) is 8.63. The van der Waals surface area contributed by atoms with Crippen LogP contribution in [0.4, 0.5) is 0 Å². The highest BCUT2D eigenvalue weighted by atomic mass is 16.1. The zero-order valence-corrected chi connectivity index (χ0v) is 11.8. The van der Waals surface area contributed by atoms with Crippen LogP contribution in [-0.2, 0) is 0 Å². The Morgan fingerprint density at radius 3 is 2.44 bits per heavy atom. The summed E-state index contributed by atoms with van der Waals surface area (Å²) in [4.78, 5) is 12.6. The van der Waals surface area contributed by atoms with E-state index < -0.39 is 0 Å². The van der Waals surface area contributed by atoms with E-state index in [4.69, 9.17) is 0 Å². The summed E-state index contributed by atoms with van der Waals surface area (Å²) >= 11 is 0. The van der Waals surface area contributed by atoms with Gasteiger partial charge in [-0.1, -0.05) is 31.5 Å². The van der Waals surface area contributed by atoms with Crippen LogP contribution in [0.5, 0.6) is 0 Å². The molecule has 0 bridgehead atoms. The molecule has 0 aliphatic heterocycles. The van der Waals surface area contributed by atoms with Gasteiger partial charge in [-0.25, -0.2) is 0 Å². The Kier molecular flexibility index (Phi) is 4.21. The number of rotatable bonds is 3. The van der Waals surface area contributed by atoms with Crippen molar-refractivity contribution < 1.29 is 4.79 Å². The third-order valence-corrected chi connectivity index (χ3v) is 4.66. The van der Waals surface area contributed by atoms with E-state index in [0.717, 1.165) is 24.3 Å². The second kappa shape index (κ2) is 5.69. The SMILES string of the molecule is CCC1CCC(C(=O)c2cccc(C)c2C)CC1. The molecule has 1 fully saturated rings. The maximum absolute atomic E-state index is 12.6. The maximum atomic E-state index is 12.6. The molecule has 1 nitrogen and oxygen atoms in total. The standard InChI is InChI=1S/C17H24O/c1-4-14-8-10-15(11-9-14)17(18)16-7-5-6-12(2)13(16)3/h5-7,14-15H,4,8-11H2,1-3H3. The number of benzene rings is 1. The molecule has 1 aliphatic carbocycles. The minimum Gasteiger partial charge on any atom is -0.294 e. The van der Waals surface area contributed by atoms with E-state index in [1.165, 1.54) is 30.4 Å². The molecule has 1 aromatic rings. The summed E-state index contributed by atoms with van der Waals surface area (Å²) in [6.07, 6.45) is 5.91. The molecule has 0 aromatic heterocycles. The number of hydrogen-bond donors (Lipinski definition) is 0. The van der Waals surface area contributed by atoms with Gasteiger partial charge >= 0.3 is 0 Å². The van der Waals surface area contributed by atoms with Crippen molar-refractivity contribution in [2.24, 2.45) is 11.8 Å². The molecule has 98 valence electrons. The topological polar surface area (TPSA) is 17.1 Å². The van der Waals surface area contributed by atoms with Gasteiger partial charge in [-0.2, -0.15) is 0 Å². The van der Waals surface area contributed by atoms with Crippen molar-refractivity contribution in [3.05, 3.63) is 34.9 Å². The number of hydrogen-bond acceptors (Lipinski definition) is 1. The van der Waals surface area contributed by atoms with E-state index in [1.54, 1.807) is 0 Å². The summed E-state index contributed by atoms with van der Waals surface area (Å²) in [7, 11) is 0. The number of ketones is 1. The first kappa shape index (κ1) is 13.3. The summed E-state index contributed by atoms with van der Waals surface area (Å²) in [5.41, 5.74) is 3.35. The van der Waals surface area contributed by atoms with Crippen LogP contribution in [-0.4, -0.2) is 5.78 Å². The average molecular weight is 244 g/mol. The van der Waals surface area contributed by atoms with Gasteiger partial charge in [-0.3, -0.25) is 4.79 Å². The molecular weight excluding hydrogens is 220 g/mol. The molecule has 0 saturated heterocycles. The van der Waals surface area contributed by atoms with Gasteiger partial charge in [-0.05, 0) is 56.6 Å². The Morgan fingerprint density at radius 2 is 1.83 bits per heavy atom. The lowest BCUT2D eigenvalue weighted by Gasteiger charge is -2.27. The maximum Gasteiger partial charge on any atom is 0.166 e. The van der Waals surface area contributed by atoms with Gasteiger partial charge < -0.3 is 0 Å². The molecule has 1 heteroatoms. The van der Waals surface area contributed by atoms with Crippen LogP contribution in [0.2, 0.25) is 0 Å². The summed E-state index contributed by atoms with van der Waals surface area (Å²) in [5.74, 6) is 1.51. The van der Waals surface area contributed by atoms with Crippen LogP contribution in [0.15, 0.2) is 18.2 Å². The van der Waals surface area contributed by atoms with Crippen LogP contribution in [0.1, 0.15) is 60.5 Å². The van der Waals surface area contributed by atoms with Crippen LogP contribution >= 0.6 is 0 Å². The van der Waals surface area contributed by atoms with E-state index in [1.807, 2.05) is 12.1 Å². The van der Waals surface area contributed by atoms with Crippen molar-refractivity contribution in [2.45, 2.75) is 52.9 Å². The highest BCUT2D eigenvalue weighted by Crippen LogP contribution is 2.33. The largest absolute Gasteiger partial charge is 0.294 e. The number of carbonyl (C=O) groups is 1. The van der Waals surface area contributed by atoms with Gasteiger partial charge in [0.05, 0.1) is 0 Å². The van der Waals surface area contributed by atoms with Crippen molar-refractivity contribution in [2.75, 3.05) is 0 Å². The van der Waals surface area contributed by atoms with E-state index in [-0.39, 0.29) is 5.92 Å². The first-order valence-electron chi connectivity index (χ1n) is 7.24. The smallest absolute Gasteiger partial charge is 0.166 e. The van der Waals surface area contributed by atoms with E-state index >= 15 is 0 Å². The molecule has 1 saturated carbocycles. The van der Waals surface area contributed by atoms with Gasteiger partial charge in [0.15, 0.2) is 5.78 Å². The van der Waals surface area contributed by atoms with Gasteiger partial charge in [0.1, 0.15) is 0 Å². The molecule has 18 heavy (non-hydrogen) atoms. The Labute approximate surface area is 111 Å². The summed E-state index contributed by atoms with van der Waals surface area (Å²) < 4.78 is 0. The predicted molar refractivity (Wildman–Crippen MR) is 76.0 cm³/mol. The second-order valence-corrected chi connectivity index (χ2v) is 5.74. The third-order valence-electron chi connectivity index (χ3n) is 4.66. The third kappa shape index (κ3) is 2.66. The molecule has 0 N–H and O–H groups in total. The number of Topliss-reactive ketones (excluding diaryl/α,β-unsaturated/α-hetero) is 1.